The fraction of sp³-hybridized carbons (Fsp3) is 0.200. The second-order valence-electron chi connectivity index (χ2n) is 2.92. The summed E-state index contributed by atoms with van der Waals surface area (Å²) in [5, 5.41) is 9.91. The fourth-order valence-corrected chi connectivity index (χ4v) is 2.48. The van der Waals surface area contributed by atoms with Gasteiger partial charge in [-0.25, -0.2) is 4.39 Å². The first-order chi connectivity index (χ1) is 6.24. The van der Waals surface area contributed by atoms with Crippen molar-refractivity contribution in [1.82, 2.24) is 0 Å². The Kier molecular flexibility index (Phi) is 2.06. The predicted molar refractivity (Wildman–Crippen MR) is 52.4 cm³/mol. The molecule has 0 amide bonds. The molecular formula is C10H9FOS. The number of aliphatic hydroxyl groups is 1. The first-order valence-corrected chi connectivity index (χ1v) is 4.83. The molecule has 2 aromatic rings. The van der Waals surface area contributed by atoms with Crippen LogP contribution in [0.1, 0.15) is 10.4 Å². The van der Waals surface area contributed by atoms with Crippen molar-refractivity contribution in [2.24, 2.45) is 0 Å². The van der Waals surface area contributed by atoms with Crippen LogP contribution in [0.5, 0.6) is 0 Å². The van der Waals surface area contributed by atoms with Crippen molar-refractivity contribution in [3.63, 3.8) is 0 Å². The summed E-state index contributed by atoms with van der Waals surface area (Å²) in [7, 11) is 0. The minimum absolute atomic E-state index is 0.00931. The Morgan fingerprint density at radius 3 is 2.85 bits per heavy atom. The zero-order valence-electron chi connectivity index (χ0n) is 7.17. The van der Waals surface area contributed by atoms with Gasteiger partial charge in [-0.2, -0.15) is 0 Å². The normalized spacial score (nSPS) is 11.0. The number of benzene rings is 1. The van der Waals surface area contributed by atoms with Gasteiger partial charge < -0.3 is 5.11 Å². The fourth-order valence-electron chi connectivity index (χ4n) is 1.41. The third-order valence-electron chi connectivity index (χ3n) is 2.16. The molecule has 1 aromatic heterocycles. The standard InChI is InChI=1S/C10H9FOS/c1-6-7-3-2-4-8(11)10(7)13-9(6)5-12/h2-4,12H,5H2,1H3. The van der Waals surface area contributed by atoms with Gasteiger partial charge in [-0.05, 0) is 23.9 Å². The van der Waals surface area contributed by atoms with Gasteiger partial charge in [-0.15, -0.1) is 11.3 Å². The number of fused-ring (bicyclic) bond motifs is 1. The maximum atomic E-state index is 13.2. The number of halogens is 1. The molecule has 3 heteroatoms. The average molecular weight is 196 g/mol. The van der Waals surface area contributed by atoms with E-state index in [1.54, 1.807) is 6.07 Å². The molecular weight excluding hydrogens is 187 g/mol. The largest absolute Gasteiger partial charge is 0.391 e. The molecule has 0 aliphatic heterocycles. The van der Waals surface area contributed by atoms with Crippen LogP contribution in [-0.4, -0.2) is 5.11 Å². The van der Waals surface area contributed by atoms with E-state index in [2.05, 4.69) is 0 Å². The summed E-state index contributed by atoms with van der Waals surface area (Å²) < 4.78 is 13.9. The highest BCUT2D eigenvalue weighted by molar-refractivity contribution is 7.19. The molecule has 0 unspecified atom stereocenters. The van der Waals surface area contributed by atoms with Crippen molar-refractivity contribution < 1.29 is 9.50 Å². The lowest BCUT2D eigenvalue weighted by Gasteiger charge is -1.92. The summed E-state index contributed by atoms with van der Waals surface area (Å²) in [6.45, 7) is 1.90. The first kappa shape index (κ1) is 8.66. The number of hydrogen-bond donors (Lipinski definition) is 1. The molecule has 1 aromatic carbocycles. The molecule has 0 spiro atoms. The maximum absolute atomic E-state index is 13.2. The highest BCUT2D eigenvalue weighted by atomic mass is 32.1. The van der Waals surface area contributed by atoms with Gasteiger partial charge in [-0.1, -0.05) is 12.1 Å². The van der Waals surface area contributed by atoms with Gasteiger partial charge in [0.2, 0.25) is 0 Å². The van der Waals surface area contributed by atoms with Gasteiger partial charge in [0.15, 0.2) is 0 Å². The van der Waals surface area contributed by atoms with Crippen molar-refractivity contribution in [3.05, 3.63) is 34.5 Å². The molecule has 0 aliphatic rings. The van der Waals surface area contributed by atoms with Gasteiger partial charge in [-0.3, -0.25) is 0 Å². The second-order valence-corrected chi connectivity index (χ2v) is 4.03. The Labute approximate surface area is 79.4 Å². The summed E-state index contributed by atoms with van der Waals surface area (Å²) in [4.78, 5) is 0.847. The van der Waals surface area contributed by atoms with Crippen LogP contribution < -0.4 is 0 Å². The van der Waals surface area contributed by atoms with Gasteiger partial charge in [0.25, 0.3) is 0 Å². The van der Waals surface area contributed by atoms with Crippen LogP contribution in [0.15, 0.2) is 18.2 Å². The van der Waals surface area contributed by atoms with Crippen molar-refractivity contribution in [1.29, 1.82) is 0 Å². The number of hydrogen-bond acceptors (Lipinski definition) is 2. The highest BCUT2D eigenvalue weighted by Gasteiger charge is 2.09. The molecule has 0 saturated carbocycles. The van der Waals surface area contributed by atoms with Crippen molar-refractivity contribution in [2.45, 2.75) is 13.5 Å². The van der Waals surface area contributed by atoms with E-state index in [0.717, 1.165) is 15.8 Å². The lowest BCUT2D eigenvalue weighted by Crippen LogP contribution is -1.78. The highest BCUT2D eigenvalue weighted by Crippen LogP contribution is 2.32. The molecule has 1 heterocycles. The molecule has 13 heavy (non-hydrogen) atoms. The van der Waals surface area contributed by atoms with Crippen LogP contribution in [0.2, 0.25) is 0 Å². The zero-order valence-corrected chi connectivity index (χ0v) is 7.99. The van der Waals surface area contributed by atoms with Crippen LogP contribution in [0.3, 0.4) is 0 Å². The lowest BCUT2D eigenvalue weighted by molar-refractivity contribution is 0.285. The second kappa shape index (κ2) is 3.09. The molecule has 1 nitrogen and oxygen atoms in total. The zero-order chi connectivity index (χ0) is 9.42. The summed E-state index contributed by atoms with van der Waals surface area (Å²) >= 11 is 1.33. The van der Waals surface area contributed by atoms with Crippen molar-refractivity contribution >= 4 is 21.4 Å². The van der Waals surface area contributed by atoms with Gasteiger partial charge in [0, 0.05) is 4.88 Å². The molecule has 0 radical (unpaired) electrons. The van der Waals surface area contributed by atoms with Gasteiger partial charge in [0.05, 0.1) is 11.3 Å². The quantitative estimate of drug-likeness (QED) is 0.743. The number of aliphatic hydroxyl groups excluding tert-OH is 1. The third-order valence-corrected chi connectivity index (χ3v) is 3.46. The molecule has 2 rings (SSSR count). The minimum Gasteiger partial charge on any atom is -0.391 e. The Morgan fingerprint density at radius 2 is 2.23 bits per heavy atom. The van der Waals surface area contributed by atoms with Crippen LogP contribution in [-0.2, 0) is 6.61 Å². The summed E-state index contributed by atoms with van der Waals surface area (Å²) in [5.41, 5.74) is 0.988. The van der Waals surface area contributed by atoms with Gasteiger partial charge >= 0.3 is 0 Å². The van der Waals surface area contributed by atoms with E-state index in [-0.39, 0.29) is 12.4 Å². The Balaban J connectivity index is 2.83. The number of rotatable bonds is 1. The van der Waals surface area contributed by atoms with E-state index in [9.17, 15) is 4.39 Å². The number of aryl methyl sites for hydroxylation is 1. The molecule has 0 fully saturated rings. The molecule has 1 N–H and O–H groups in total. The summed E-state index contributed by atoms with van der Waals surface area (Å²) in [5.74, 6) is -0.203. The van der Waals surface area contributed by atoms with Crippen LogP contribution >= 0.6 is 11.3 Å². The van der Waals surface area contributed by atoms with E-state index in [1.807, 2.05) is 13.0 Å². The number of thiophene rings is 1. The third kappa shape index (κ3) is 1.24. The SMILES string of the molecule is Cc1c(CO)sc2c(F)cccc12. The Hall–Kier alpha value is -0.930. The van der Waals surface area contributed by atoms with Crippen molar-refractivity contribution in [2.75, 3.05) is 0 Å². The molecule has 0 saturated heterocycles. The van der Waals surface area contributed by atoms with E-state index in [0.29, 0.717) is 4.70 Å². The Morgan fingerprint density at radius 1 is 1.46 bits per heavy atom. The summed E-state index contributed by atoms with van der Waals surface area (Å²) in [6, 6.07) is 5.02. The van der Waals surface area contributed by atoms with E-state index in [1.165, 1.54) is 17.4 Å². The smallest absolute Gasteiger partial charge is 0.141 e. The molecule has 0 atom stereocenters. The maximum Gasteiger partial charge on any atom is 0.141 e. The molecule has 0 aliphatic carbocycles. The first-order valence-electron chi connectivity index (χ1n) is 4.01. The average Bonchev–Trinajstić information content (AvgIpc) is 2.45. The summed E-state index contributed by atoms with van der Waals surface area (Å²) in [6.07, 6.45) is 0. The predicted octanol–water partition coefficient (Wildman–Crippen LogP) is 2.84. The van der Waals surface area contributed by atoms with Crippen molar-refractivity contribution in [3.8, 4) is 0 Å². The molecule has 68 valence electrons. The Bertz CT molecular complexity index is 447. The minimum atomic E-state index is -0.203. The van der Waals surface area contributed by atoms with Crippen LogP contribution in [0.4, 0.5) is 4.39 Å². The van der Waals surface area contributed by atoms with E-state index < -0.39 is 0 Å². The van der Waals surface area contributed by atoms with Crippen LogP contribution in [0, 0.1) is 12.7 Å². The van der Waals surface area contributed by atoms with Gasteiger partial charge in [0.1, 0.15) is 5.82 Å². The lowest BCUT2D eigenvalue weighted by atomic mass is 10.1. The van der Waals surface area contributed by atoms with E-state index >= 15 is 0 Å². The molecule has 0 bridgehead atoms. The monoisotopic (exact) mass is 196 g/mol. The van der Waals surface area contributed by atoms with E-state index in [4.69, 9.17) is 5.11 Å². The van der Waals surface area contributed by atoms with Crippen LogP contribution in [0.25, 0.3) is 10.1 Å². The topological polar surface area (TPSA) is 20.2 Å².